The molecule has 0 heterocycles. The van der Waals surface area contributed by atoms with E-state index in [1.807, 2.05) is 0 Å². The van der Waals surface area contributed by atoms with Crippen molar-refractivity contribution < 1.29 is 14.1 Å². The van der Waals surface area contributed by atoms with Gasteiger partial charge in [0.2, 0.25) is 0 Å². The van der Waals surface area contributed by atoms with Gasteiger partial charge in [0.15, 0.2) is 5.75 Å². The van der Waals surface area contributed by atoms with Crippen LogP contribution in [0.2, 0.25) is 0 Å². The molecule has 1 aliphatic rings. The number of ether oxygens (including phenoxy) is 1. The number of rotatable bonds is 7. The Kier molecular flexibility index (Phi) is 4.48. The van der Waals surface area contributed by atoms with Gasteiger partial charge in [0, 0.05) is 24.6 Å². The van der Waals surface area contributed by atoms with E-state index in [4.69, 9.17) is 10.00 Å². The zero-order valence-corrected chi connectivity index (χ0v) is 10.7. The summed E-state index contributed by atoms with van der Waals surface area (Å²) < 4.78 is 18.3. The highest BCUT2D eigenvalue weighted by Crippen LogP contribution is 2.27. The standard InChI is InChI=1S/C13H14FN3O3/c14-9-1-4-12(17(18)19)13(7-9)20-6-5-11(8-15)16-10-2-3-10/h1,4,7,10-11,16H,2-3,5-6H2. The molecule has 20 heavy (non-hydrogen) atoms. The number of nitrogens with one attached hydrogen (secondary N) is 1. The highest BCUT2D eigenvalue weighted by atomic mass is 19.1. The van der Waals surface area contributed by atoms with Crippen molar-refractivity contribution in [2.24, 2.45) is 0 Å². The second-order valence-electron chi connectivity index (χ2n) is 4.63. The number of nitriles is 1. The van der Waals surface area contributed by atoms with E-state index in [1.54, 1.807) is 0 Å². The monoisotopic (exact) mass is 279 g/mol. The molecule has 0 saturated heterocycles. The Bertz CT molecular complexity index is 540. The fraction of sp³-hybridized carbons (Fsp3) is 0.462. The van der Waals surface area contributed by atoms with Crippen LogP contribution in [0, 0.1) is 27.3 Å². The van der Waals surface area contributed by atoms with Crippen LogP contribution in [0.4, 0.5) is 10.1 Å². The van der Waals surface area contributed by atoms with E-state index in [2.05, 4.69) is 11.4 Å². The van der Waals surface area contributed by atoms with Crippen molar-refractivity contribution in [3.05, 3.63) is 34.1 Å². The lowest BCUT2D eigenvalue weighted by molar-refractivity contribution is -0.385. The second kappa shape index (κ2) is 6.30. The quantitative estimate of drug-likeness (QED) is 0.610. The first-order valence-electron chi connectivity index (χ1n) is 6.32. The average Bonchev–Trinajstić information content (AvgIpc) is 3.21. The van der Waals surface area contributed by atoms with E-state index in [-0.39, 0.29) is 24.1 Å². The normalized spacial score (nSPS) is 15.4. The Balaban J connectivity index is 1.91. The molecular formula is C13H14FN3O3. The van der Waals surface area contributed by atoms with Crippen LogP contribution in [0.3, 0.4) is 0 Å². The van der Waals surface area contributed by atoms with Gasteiger partial charge in [-0.15, -0.1) is 0 Å². The molecule has 1 aliphatic carbocycles. The fourth-order valence-electron chi connectivity index (χ4n) is 1.76. The minimum Gasteiger partial charge on any atom is -0.487 e. The summed E-state index contributed by atoms with van der Waals surface area (Å²) in [5.41, 5.74) is -0.282. The summed E-state index contributed by atoms with van der Waals surface area (Å²) in [5.74, 6) is -0.711. The average molecular weight is 279 g/mol. The second-order valence-corrected chi connectivity index (χ2v) is 4.63. The third-order valence-corrected chi connectivity index (χ3v) is 2.95. The molecule has 0 bridgehead atoms. The first kappa shape index (κ1) is 14.2. The van der Waals surface area contributed by atoms with Crippen LogP contribution in [0.15, 0.2) is 18.2 Å². The number of benzene rings is 1. The van der Waals surface area contributed by atoms with Gasteiger partial charge >= 0.3 is 5.69 Å². The van der Waals surface area contributed by atoms with Gasteiger partial charge in [-0.05, 0) is 18.9 Å². The number of nitrogens with zero attached hydrogens (tertiary/aromatic N) is 2. The zero-order chi connectivity index (χ0) is 14.5. The van der Waals surface area contributed by atoms with Crippen molar-refractivity contribution >= 4 is 5.69 Å². The van der Waals surface area contributed by atoms with Crippen LogP contribution in [-0.2, 0) is 0 Å². The molecule has 1 fully saturated rings. The van der Waals surface area contributed by atoms with Crippen LogP contribution in [0.5, 0.6) is 5.75 Å². The summed E-state index contributed by atoms with van der Waals surface area (Å²) in [6.45, 7) is 0.113. The van der Waals surface area contributed by atoms with Crippen molar-refractivity contribution in [3.63, 3.8) is 0 Å². The SMILES string of the molecule is N#CC(CCOc1cc(F)ccc1[N+](=O)[O-])NC1CC1. The lowest BCUT2D eigenvalue weighted by atomic mass is 10.2. The number of hydrogen-bond acceptors (Lipinski definition) is 5. The van der Waals surface area contributed by atoms with Crippen molar-refractivity contribution in [2.75, 3.05) is 6.61 Å². The molecule has 0 amide bonds. The summed E-state index contributed by atoms with van der Waals surface area (Å²) in [5, 5.41) is 22.9. The molecule has 1 N–H and O–H groups in total. The zero-order valence-electron chi connectivity index (χ0n) is 10.7. The molecule has 1 aromatic rings. The third kappa shape index (κ3) is 3.90. The van der Waals surface area contributed by atoms with Crippen molar-refractivity contribution in [3.8, 4) is 11.8 Å². The van der Waals surface area contributed by atoms with Gasteiger partial charge in [0.25, 0.3) is 0 Å². The molecule has 1 saturated carbocycles. The van der Waals surface area contributed by atoms with Gasteiger partial charge in [0.05, 0.1) is 23.6 Å². The molecule has 7 heteroatoms. The molecular weight excluding hydrogens is 265 g/mol. The van der Waals surface area contributed by atoms with E-state index in [9.17, 15) is 14.5 Å². The van der Waals surface area contributed by atoms with Gasteiger partial charge in [-0.25, -0.2) is 4.39 Å². The maximum Gasteiger partial charge on any atom is 0.311 e. The van der Waals surface area contributed by atoms with Crippen LogP contribution in [0.1, 0.15) is 19.3 Å². The molecule has 2 rings (SSSR count). The van der Waals surface area contributed by atoms with E-state index >= 15 is 0 Å². The maximum atomic E-state index is 13.1. The molecule has 1 unspecified atom stereocenters. The Morgan fingerprint density at radius 3 is 2.95 bits per heavy atom. The summed E-state index contributed by atoms with van der Waals surface area (Å²) in [6, 6.07) is 5.21. The molecule has 0 aromatic heterocycles. The smallest absolute Gasteiger partial charge is 0.311 e. The van der Waals surface area contributed by atoms with Crippen LogP contribution in [0.25, 0.3) is 0 Å². The Morgan fingerprint density at radius 1 is 1.60 bits per heavy atom. The number of nitro groups is 1. The molecule has 0 radical (unpaired) electrons. The van der Waals surface area contributed by atoms with Crippen molar-refractivity contribution in [1.29, 1.82) is 5.26 Å². The lowest BCUT2D eigenvalue weighted by Gasteiger charge is -2.11. The van der Waals surface area contributed by atoms with E-state index in [1.165, 1.54) is 0 Å². The molecule has 1 aromatic carbocycles. The van der Waals surface area contributed by atoms with Crippen molar-refractivity contribution in [2.45, 2.75) is 31.3 Å². The van der Waals surface area contributed by atoms with Crippen molar-refractivity contribution in [1.82, 2.24) is 5.32 Å². The predicted molar refractivity (Wildman–Crippen MR) is 68.7 cm³/mol. The van der Waals surface area contributed by atoms with Crippen LogP contribution >= 0.6 is 0 Å². The highest BCUT2D eigenvalue weighted by Gasteiger charge is 2.24. The molecule has 0 spiro atoms. The highest BCUT2D eigenvalue weighted by molar-refractivity contribution is 5.46. The number of hydrogen-bond donors (Lipinski definition) is 1. The maximum absolute atomic E-state index is 13.1. The first-order chi connectivity index (χ1) is 9.60. The fourth-order valence-corrected chi connectivity index (χ4v) is 1.76. The Labute approximate surface area is 115 Å². The Morgan fingerprint density at radius 2 is 2.35 bits per heavy atom. The summed E-state index contributed by atoms with van der Waals surface area (Å²) in [6.07, 6.45) is 2.52. The predicted octanol–water partition coefficient (Wildman–Crippen LogP) is 2.15. The number of halogens is 1. The Hall–Kier alpha value is -2.20. The minimum absolute atomic E-state index is 0.113. The first-order valence-corrected chi connectivity index (χ1v) is 6.32. The van der Waals surface area contributed by atoms with E-state index in [0.717, 1.165) is 31.0 Å². The molecule has 106 valence electrons. The minimum atomic E-state index is -0.626. The summed E-state index contributed by atoms with van der Waals surface area (Å²) in [7, 11) is 0. The van der Waals surface area contributed by atoms with Gasteiger partial charge in [-0.2, -0.15) is 5.26 Å². The summed E-state index contributed by atoms with van der Waals surface area (Å²) in [4.78, 5) is 10.2. The third-order valence-electron chi connectivity index (χ3n) is 2.95. The van der Waals surface area contributed by atoms with Gasteiger partial charge < -0.3 is 4.74 Å². The van der Waals surface area contributed by atoms with E-state index < -0.39 is 10.7 Å². The van der Waals surface area contributed by atoms with Crippen LogP contribution < -0.4 is 10.1 Å². The molecule has 6 nitrogen and oxygen atoms in total. The number of nitro benzene ring substituents is 1. The van der Waals surface area contributed by atoms with Gasteiger partial charge in [0.1, 0.15) is 5.82 Å². The largest absolute Gasteiger partial charge is 0.487 e. The van der Waals surface area contributed by atoms with Crippen LogP contribution in [-0.4, -0.2) is 23.6 Å². The molecule has 0 aliphatic heterocycles. The summed E-state index contributed by atoms with van der Waals surface area (Å²) >= 11 is 0. The van der Waals surface area contributed by atoms with E-state index in [0.29, 0.717) is 12.5 Å². The van der Waals surface area contributed by atoms with Gasteiger partial charge in [-0.3, -0.25) is 15.4 Å². The molecule has 1 atom stereocenters. The van der Waals surface area contributed by atoms with Gasteiger partial charge in [-0.1, -0.05) is 0 Å². The lowest BCUT2D eigenvalue weighted by Crippen LogP contribution is -2.31. The topological polar surface area (TPSA) is 88.2 Å².